The summed E-state index contributed by atoms with van der Waals surface area (Å²) < 4.78 is 14.1. The molecule has 0 atom stereocenters. The van der Waals surface area contributed by atoms with Crippen molar-refractivity contribution in [3.05, 3.63) is 51.7 Å². The van der Waals surface area contributed by atoms with Gasteiger partial charge in [-0.05, 0) is 24.1 Å². The van der Waals surface area contributed by atoms with Gasteiger partial charge in [-0.1, -0.05) is 30.8 Å². The number of nitrogens with zero attached hydrogens (tertiary/aromatic N) is 3. The van der Waals surface area contributed by atoms with E-state index in [-0.39, 0.29) is 23.2 Å². The van der Waals surface area contributed by atoms with Crippen molar-refractivity contribution < 1.29 is 14.3 Å². The largest absolute Gasteiger partial charge is 0.480 e. The second-order valence-corrected chi connectivity index (χ2v) is 5.41. The van der Waals surface area contributed by atoms with Gasteiger partial charge in [-0.25, -0.2) is 9.07 Å². The van der Waals surface area contributed by atoms with Gasteiger partial charge in [0.1, 0.15) is 18.1 Å². The number of aryl methyl sites for hydroxylation is 1. The van der Waals surface area contributed by atoms with Crippen molar-refractivity contribution in [2.24, 2.45) is 0 Å². The number of aromatic nitrogens is 3. The zero-order valence-electron chi connectivity index (χ0n) is 11.8. The summed E-state index contributed by atoms with van der Waals surface area (Å²) in [6, 6.07) is 5.92. The Morgan fingerprint density at radius 1 is 1.36 bits per heavy atom. The molecule has 1 aromatic heterocycles. The Kier molecular flexibility index (Phi) is 5.26. The monoisotopic (exact) mass is 323 g/mol. The Labute approximate surface area is 130 Å². The van der Waals surface area contributed by atoms with E-state index >= 15 is 0 Å². The standard InChI is InChI=1S/C14H14FN3O3S/c1-2-11-13(21)16-14(18(17-11)7-12(19)20)22-8-9-3-5-10(15)6-4-9/h3-6H,2,7-8H2,1H3,(H,19,20). The van der Waals surface area contributed by atoms with Crippen LogP contribution in [0.1, 0.15) is 18.2 Å². The van der Waals surface area contributed by atoms with Crippen molar-refractivity contribution in [1.82, 2.24) is 14.8 Å². The van der Waals surface area contributed by atoms with E-state index in [0.717, 1.165) is 5.56 Å². The fourth-order valence-corrected chi connectivity index (χ4v) is 2.62. The topological polar surface area (TPSA) is 85.1 Å². The normalized spacial score (nSPS) is 10.6. The Bertz CT molecular complexity index is 731. The predicted octanol–water partition coefficient (Wildman–Crippen LogP) is 1.72. The summed E-state index contributed by atoms with van der Waals surface area (Å²) in [5.74, 6) is -0.966. The molecule has 0 fully saturated rings. The van der Waals surface area contributed by atoms with E-state index in [2.05, 4.69) is 10.1 Å². The minimum absolute atomic E-state index is 0.229. The van der Waals surface area contributed by atoms with Crippen LogP contribution in [0.15, 0.2) is 34.2 Å². The van der Waals surface area contributed by atoms with E-state index in [1.54, 1.807) is 19.1 Å². The van der Waals surface area contributed by atoms with Crippen LogP contribution in [0.3, 0.4) is 0 Å². The van der Waals surface area contributed by atoms with Crippen molar-refractivity contribution >= 4 is 17.7 Å². The number of carbonyl (C=O) groups is 1. The van der Waals surface area contributed by atoms with Crippen molar-refractivity contribution in [3.8, 4) is 0 Å². The minimum Gasteiger partial charge on any atom is -0.480 e. The van der Waals surface area contributed by atoms with Crippen LogP contribution >= 0.6 is 11.8 Å². The number of carboxylic acid groups (broad SMARTS) is 1. The van der Waals surface area contributed by atoms with Gasteiger partial charge in [0, 0.05) is 5.75 Å². The Morgan fingerprint density at radius 3 is 2.64 bits per heavy atom. The fourth-order valence-electron chi connectivity index (χ4n) is 1.73. The molecule has 1 N–H and O–H groups in total. The Morgan fingerprint density at radius 2 is 2.05 bits per heavy atom. The summed E-state index contributed by atoms with van der Waals surface area (Å²) in [7, 11) is 0. The third-order valence-corrected chi connectivity index (χ3v) is 3.85. The van der Waals surface area contributed by atoms with Crippen molar-refractivity contribution in [2.75, 3.05) is 0 Å². The van der Waals surface area contributed by atoms with Gasteiger partial charge < -0.3 is 5.11 Å². The van der Waals surface area contributed by atoms with Crippen LogP contribution in [0.25, 0.3) is 0 Å². The van der Waals surface area contributed by atoms with Crippen LogP contribution in [-0.4, -0.2) is 25.8 Å². The lowest BCUT2D eigenvalue weighted by Crippen LogP contribution is -2.25. The fraction of sp³-hybridized carbons (Fsp3) is 0.286. The number of benzene rings is 1. The molecule has 0 unspecified atom stereocenters. The van der Waals surface area contributed by atoms with Crippen LogP contribution in [0.5, 0.6) is 0 Å². The minimum atomic E-state index is -1.07. The maximum atomic E-state index is 12.9. The summed E-state index contributed by atoms with van der Waals surface area (Å²) in [6.07, 6.45) is 0.383. The van der Waals surface area contributed by atoms with E-state index in [0.29, 0.717) is 12.2 Å². The first-order valence-electron chi connectivity index (χ1n) is 6.56. The number of thioether (sulfide) groups is 1. The van der Waals surface area contributed by atoms with Crippen molar-refractivity contribution in [2.45, 2.75) is 30.8 Å². The molecular formula is C14H14FN3O3S. The summed E-state index contributed by atoms with van der Waals surface area (Å²) in [5, 5.41) is 13.2. The highest BCUT2D eigenvalue weighted by molar-refractivity contribution is 7.98. The van der Waals surface area contributed by atoms with E-state index < -0.39 is 11.5 Å². The van der Waals surface area contributed by atoms with Gasteiger partial charge in [-0.3, -0.25) is 9.59 Å². The van der Waals surface area contributed by atoms with Crippen LogP contribution in [0.4, 0.5) is 4.39 Å². The SMILES string of the molecule is CCc1nn(CC(=O)O)c(SCc2ccc(F)cc2)nc1=O. The third kappa shape index (κ3) is 4.14. The molecule has 116 valence electrons. The summed E-state index contributed by atoms with van der Waals surface area (Å²) in [4.78, 5) is 26.6. The van der Waals surface area contributed by atoms with Gasteiger partial charge in [0.15, 0.2) is 5.16 Å². The maximum Gasteiger partial charge on any atom is 0.325 e. The molecule has 2 rings (SSSR count). The zero-order chi connectivity index (χ0) is 16.1. The number of hydrogen-bond acceptors (Lipinski definition) is 5. The van der Waals surface area contributed by atoms with E-state index in [9.17, 15) is 14.0 Å². The predicted molar refractivity (Wildman–Crippen MR) is 79.3 cm³/mol. The molecule has 0 spiro atoms. The van der Waals surface area contributed by atoms with E-state index in [1.165, 1.54) is 28.6 Å². The van der Waals surface area contributed by atoms with Crippen molar-refractivity contribution in [3.63, 3.8) is 0 Å². The molecule has 1 aromatic carbocycles. The molecule has 1 heterocycles. The molecule has 2 aromatic rings. The number of rotatable bonds is 6. The smallest absolute Gasteiger partial charge is 0.325 e. The van der Waals surface area contributed by atoms with Gasteiger partial charge in [0.2, 0.25) is 0 Å². The third-order valence-electron chi connectivity index (χ3n) is 2.81. The molecule has 0 saturated carbocycles. The first-order chi connectivity index (χ1) is 10.5. The molecule has 8 heteroatoms. The van der Waals surface area contributed by atoms with Crippen LogP contribution < -0.4 is 5.56 Å². The second-order valence-electron chi connectivity index (χ2n) is 4.47. The van der Waals surface area contributed by atoms with Crippen LogP contribution in [-0.2, 0) is 23.5 Å². The molecule has 22 heavy (non-hydrogen) atoms. The Hall–Kier alpha value is -2.22. The maximum absolute atomic E-state index is 12.9. The molecule has 0 bridgehead atoms. The van der Waals surface area contributed by atoms with E-state index in [1.807, 2.05) is 0 Å². The first kappa shape index (κ1) is 16.2. The zero-order valence-corrected chi connectivity index (χ0v) is 12.6. The highest BCUT2D eigenvalue weighted by atomic mass is 32.2. The highest BCUT2D eigenvalue weighted by Gasteiger charge is 2.12. The van der Waals surface area contributed by atoms with Crippen LogP contribution in [0.2, 0.25) is 0 Å². The molecule has 6 nitrogen and oxygen atoms in total. The average Bonchev–Trinajstić information content (AvgIpc) is 2.48. The summed E-state index contributed by atoms with van der Waals surface area (Å²) in [5.41, 5.74) is 0.611. The van der Waals surface area contributed by atoms with Gasteiger partial charge in [0.05, 0.1) is 0 Å². The highest BCUT2D eigenvalue weighted by Crippen LogP contribution is 2.20. The number of hydrogen-bond donors (Lipinski definition) is 1. The van der Waals surface area contributed by atoms with Gasteiger partial charge in [0.25, 0.3) is 5.56 Å². The molecule has 0 aliphatic heterocycles. The molecule has 0 aliphatic rings. The van der Waals surface area contributed by atoms with Gasteiger partial charge in [-0.15, -0.1) is 0 Å². The lowest BCUT2D eigenvalue weighted by atomic mass is 10.2. The first-order valence-corrected chi connectivity index (χ1v) is 7.55. The number of halogens is 1. The number of aliphatic carboxylic acids is 1. The number of carboxylic acids is 1. The molecular weight excluding hydrogens is 309 g/mol. The average molecular weight is 323 g/mol. The molecule has 0 saturated heterocycles. The second kappa shape index (κ2) is 7.17. The Balaban J connectivity index is 2.24. The van der Waals surface area contributed by atoms with E-state index in [4.69, 9.17) is 5.11 Å². The summed E-state index contributed by atoms with van der Waals surface area (Å²) in [6.45, 7) is 1.38. The molecule has 0 amide bonds. The van der Waals surface area contributed by atoms with Crippen molar-refractivity contribution in [1.29, 1.82) is 0 Å². The van der Waals surface area contributed by atoms with Crippen LogP contribution in [0, 0.1) is 5.82 Å². The summed E-state index contributed by atoms with van der Waals surface area (Å²) >= 11 is 1.18. The lowest BCUT2D eigenvalue weighted by Gasteiger charge is -2.10. The molecule has 0 radical (unpaired) electrons. The molecule has 0 aliphatic carbocycles. The lowest BCUT2D eigenvalue weighted by molar-refractivity contribution is -0.138. The van der Waals surface area contributed by atoms with Gasteiger partial charge >= 0.3 is 5.97 Å². The van der Waals surface area contributed by atoms with Gasteiger partial charge in [-0.2, -0.15) is 10.1 Å². The quantitative estimate of drug-likeness (QED) is 0.815.